The zero-order chi connectivity index (χ0) is 59.7. The van der Waals surface area contributed by atoms with E-state index in [1.165, 1.54) is 6.92 Å². The Labute approximate surface area is 455 Å². The normalized spacial score (nSPS) is 14.3. The Kier molecular flexibility index (Phi) is 34.4. The predicted molar refractivity (Wildman–Crippen MR) is 283 cm³/mol. The molecule has 442 valence electrons. The number of carboxylic acids is 4. The summed E-state index contributed by atoms with van der Waals surface area (Å²) in [6, 6.07) is -13.3. The van der Waals surface area contributed by atoms with Crippen molar-refractivity contribution in [3.8, 4) is 0 Å². The molecule has 78 heavy (non-hydrogen) atoms. The molecule has 0 aromatic rings. The van der Waals surface area contributed by atoms with Gasteiger partial charge in [0.25, 0.3) is 0 Å². The summed E-state index contributed by atoms with van der Waals surface area (Å²) in [5, 5.41) is 56.8. The number of carbonyl (C=O) groups is 12. The third-order valence-electron chi connectivity index (χ3n) is 11.2. The van der Waals surface area contributed by atoms with Crippen molar-refractivity contribution in [1.82, 2.24) is 42.5 Å². The standard InChI is InChI=1S/C45H80N16O16S/c1-22(2)20-30(60-38(71)25(8-4-5-17-46)56-39(72)27(12-15-33(64)65)55-36(69)24(47)11-14-32(62)63)41(74)57-26(9-6-18-52-44(48)49)37(70)58-28(13-16-34(66)67)40(73)61-31(21-78)42(75)54-23(3)35(68)59-29(43(76)77)10-7-19-53-45(50)51/h22-31,78H,4-21,46-47H2,1-3H3,(H,54,75)(H,55,69)(H,56,72)(H,57,74)(H,58,70)(H,59,68)(H,60,71)(H,61,73)(H,62,63)(H,64,65)(H,66,67)(H,76,77)(H4,48,49,52)(H4,50,51,53)/t23-,24-,25-,26-,27-,28-,29-,30-,31-/m0/s1. The van der Waals surface area contributed by atoms with Gasteiger partial charge in [0, 0.05) is 38.1 Å². The molecule has 0 spiro atoms. The molecule has 24 N–H and O–H groups in total. The van der Waals surface area contributed by atoms with Crippen LogP contribution in [0.2, 0.25) is 0 Å². The molecular formula is C45H80N16O16S. The Hall–Kier alpha value is -7.55. The first-order valence-corrected chi connectivity index (χ1v) is 25.6. The molecule has 0 rings (SSSR count). The fourth-order valence-electron chi connectivity index (χ4n) is 6.99. The minimum atomic E-state index is -1.69. The van der Waals surface area contributed by atoms with Crippen LogP contribution in [0.5, 0.6) is 0 Å². The highest BCUT2D eigenvalue weighted by molar-refractivity contribution is 7.80. The fourth-order valence-corrected chi connectivity index (χ4v) is 7.25. The van der Waals surface area contributed by atoms with Gasteiger partial charge < -0.3 is 97.4 Å². The molecule has 0 unspecified atom stereocenters. The molecule has 0 bridgehead atoms. The minimum Gasteiger partial charge on any atom is -0.481 e. The smallest absolute Gasteiger partial charge is 0.326 e. The maximum atomic E-state index is 14.2. The number of nitrogens with one attached hydrogen (secondary N) is 8. The second-order valence-corrected chi connectivity index (χ2v) is 18.8. The number of nitrogens with two attached hydrogens (primary N) is 6. The van der Waals surface area contributed by atoms with Gasteiger partial charge in [0.2, 0.25) is 47.3 Å². The maximum Gasteiger partial charge on any atom is 0.326 e. The highest BCUT2D eigenvalue weighted by Gasteiger charge is 2.35. The molecule has 0 aliphatic heterocycles. The first kappa shape index (κ1) is 70.5. The van der Waals surface area contributed by atoms with Crippen molar-refractivity contribution in [3.05, 3.63) is 0 Å². The number of hydrogen-bond donors (Lipinski definition) is 19. The summed E-state index contributed by atoms with van der Waals surface area (Å²) in [7, 11) is 0. The number of carbonyl (C=O) groups excluding carboxylic acids is 8. The van der Waals surface area contributed by atoms with Crippen molar-refractivity contribution in [2.45, 2.75) is 165 Å². The number of guanidine groups is 2. The van der Waals surface area contributed by atoms with E-state index in [-0.39, 0.29) is 88.8 Å². The van der Waals surface area contributed by atoms with Crippen molar-refractivity contribution in [1.29, 1.82) is 0 Å². The summed E-state index contributed by atoms with van der Waals surface area (Å²) in [4.78, 5) is 163. The minimum absolute atomic E-state index is 0.0294. The molecule has 0 heterocycles. The molecule has 8 amide bonds. The number of carboxylic acid groups (broad SMARTS) is 4. The van der Waals surface area contributed by atoms with Gasteiger partial charge in [0.15, 0.2) is 11.9 Å². The number of unbranched alkanes of at least 4 members (excludes halogenated alkanes) is 1. The molecular weight excluding hydrogens is 1050 g/mol. The number of amides is 8. The number of nitrogens with zero attached hydrogens (tertiary/aromatic N) is 2. The van der Waals surface area contributed by atoms with E-state index in [1.807, 2.05) is 0 Å². The summed E-state index contributed by atoms with van der Waals surface area (Å²) in [6.07, 6.45) is -2.72. The molecule has 0 aliphatic rings. The van der Waals surface area contributed by atoms with Crippen LogP contribution in [-0.4, -0.2) is 183 Å². The molecule has 0 fully saturated rings. The highest BCUT2D eigenvalue weighted by atomic mass is 32.1. The molecule has 32 nitrogen and oxygen atoms in total. The summed E-state index contributed by atoms with van der Waals surface area (Å²) in [6.45, 7) is 4.85. The molecule has 0 saturated carbocycles. The summed E-state index contributed by atoms with van der Waals surface area (Å²) in [5.41, 5.74) is 33.0. The van der Waals surface area contributed by atoms with Gasteiger partial charge in [-0.2, -0.15) is 12.6 Å². The zero-order valence-corrected chi connectivity index (χ0v) is 44.9. The van der Waals surface area contributed by atoms with E-state index in [2.05, 4.69) is 65.1 Å². The van der Waals surface area contributed by atoms with E-state index in [9.17, 15) is 72.9 Å². The quantitative estimate of drug-likeness (QED) is 0.0117. The van der Waals surface area contributed by atoms with Gasteiger partial charge >= 0.3 is 23.9 Å². The second-order valence-electron chi connectivity index (χ2n) is 18.4. The van der Waals surface area contributed by atoms with Crippen LogP contribution < -0.4 is 76.9 Å². The zero-order valence-electron chi connectivity index (χ0n) is 44.0. The number of rotatable bonds is 41. The lowest BCUT2D eigenvalue weighted by Gasteiger charge is -2.28. The van der Waals surface area contributed by atoms with Crippen molar-refractivity contribution in [3.63, 3.8) is 0 Å². The van der Waals surface area contributed by atoms with Gasteiger partial charge in [-0.1, -0.05) is 13.8 Å². The van der Waals surface area contributed by atoms with E-state index in [4.69, 9.17) is 39.5 Å². The number of aliphatic carboxylic acids is 4. The molecule has 9 atom stereocenters. The Balaban J connectivity index is 6.70. The molecule has 0 radical (unpaired) electrons. The Morgan fingerprint density at radius 3 is 1.18 bits per heavy atom. The number of thiol groups is 1. The molecule has 0 aliphatic carbocycles. The Morgan fingerprint density at radius 2 is 0.782 bits per heavy atom. The van der Waals surface area contributed by atoms with Crippen LogP contribution in [0.3, 0.4) is 0 Å². The van der Waals surface area contributed by atoms with Crippen LogP contribution in [0.15, 0.2) is 9.98 Å². The van der Waals surface area contributed by atoms with E-state index >= 15 is 0 Å². The lowest BCUT2D eigenvalue weighted by atomic mass is 10.0. The van der Waals surface area contributed by atoms with Crippen molar-refractivity contribution < 1.29 is 78.0 Å². The average molecular weight is 1130 g/mol. The monoisotopic (exact) mass is 1130 g/mol. The maximum absolute atomic E-state index is 14.2. The van der Waals surface area contributed by atoms with Crippen LogP contribution in [0.4, 0.5) is 0 Å². The largest absolute Gasteiger partial charge is 0.481 e. The second kappa shape index (κ2) is 38.1. The first-order valence-electron chi connectivity index (χ1n) is 25.0. The predicted octanol–water partition coefficient (Wildman–Crippen LogP) is -5.90. The van der Waals surface area contributed by atoms with Gasteiger partial charge in [-0.25, -0.2) is 4.79 Å². The third-order valence-corrected chi connectivity index (χ3v) is 11.6. The number of hydrogen-bond acceptors (Lipinski definition) is 17. The van der Waals surface area contributed by atoms with E-state index in [0.717, 1.165) is 0 Å². The van der Waals surface area contributed by atoms with Crippen LogP contribution >= 0.6 is 12.6 Å². The van der Waals surface area contributed by atoms with Gasteiger partial charge in [-0.3, -0.25) is 62.7 Å². The average Bonchev–Trinajstić information content (AvgIpc) is 3.34. The first-order chi connectivity index (χ1) is 36.5. The molecule has 0 aromatic heterocycles. The van der Waals surface area contributed by atoms with Crippen LogP contribution in [0, 0.1) is 5.92 Å². The van der Waals surface area contributed by atoms with E-state index in [0.29, 0.717) is 6.42 Å². The Morgan fingerprint density at radius 1 is 0.436 bits per heavy atom. The molecule has 0 aromatic carbocycles. The molecule has 0 saturated heterocycles. The van der Waals surface area contributed by atoms with Crippen LogP contribution in [-0.2, 0) is 57.5 Å². The highest BCUT2D eigenvalue weighted by Crippen LogP contribution is 2.12. The fraction of sp³-hybridized carbons (Fsp3) is 0.689. The Bertz CT molecular complexity index is 2110. The van der Waals surface area contributed by atoms with Gasteiger partial charge in [-0.15, -0.1) is 0 Å². The van der Waals surface area contributed by atoms with Crippen LogP contribution in [0.1, 0.15) is 111 Å². The summed E-state index contributed by atoms with van der Waals surface area (Å²) in [5.74, 6) is -14.4. The number of aliphatic imine (C=N–C) groups is 2. The SMILES string of the molecule is CC(C)C[C@H](NC(=O)[C@H](CCCCN)NC(=O)[C@H](CCC(=O)O)NC(=O)[C@@H](N)CCC(=O)O)C(=O)N[C@@H](CCCN=C(N)N)C(=O)N[C@@H](CCC(=O)O)C(=O)N[C@@H](CS)C(=O)N[C@@H](C)C(=O)N[C@@H](CCCN=C(N)N)C(=O)O. The van der Waals surface area contributed by atoms with Crippen molar-refractivity contribution in [2.75, 3.05) is 25.4 Å². The van der Waals surface area contributed by atoms with Gasteiger partial charge in [-0.05, 0) is 90.0 Å². The third kappa shape index (κ3) is 30.9. The van der Waals surface area contributed by atoms with Crippen molar-refractivity contribution >= 4 is 95.7 Å². The van der Waals surface area contributed by atoms with Gasteiger partial charge in [0.05, 0.1) is 6.04 Å². The van der Waals surface area contributed by atoms with Crippen LogP contribution in [0.25, 0.3) is 0 Å². The topological polar surface area (TPSA) is 563 Å². The lowest BCUT2D eigenvalue weighted by Crippen LogP contribution is -2.60. The lowest BCUT2D eigenvalue weighted by molar-refractivity contribution is -0.142. The summed E-state index contributed by atoms with van der Waals surface area (Å²) < 4.78 is 0. The van der Waals surface area contributed by atoms with Gasteiger partial charge in [0.1, 0.15) is 48.3 Å². The van der Waals surface area contributed by atoms with E-state index < -0.39 is 163 Å². The van der Waals surface area contributed by atoms with Crippen molar-refractivity contribution in [2.24, 2.45) is 50.3 Å². The van der Waals surface area contributed by atoms with E-state index in [1.54, 1.807) is 13.8 Å². The summed E-state index contributed by atoms with van der Waals surface area (Å²) >= 11 is 4.12. The molecule has 33 heteroatoms.